The van der Waals surface area contributed by atoms with Gasteiger partial charge in [-0.05, 0) is 30.4 Å². The van der Waals surface area contributed by atoms with Crippen molar-refractivity contribution < 1.29 is 8.42 Å². The maximum Gasteiger partial charge on any atom is 0.243 e. The number of hydrogen-bond donors (Lipinski definition) is 0. The summed E-state index contributed by atoms with van der Waals surface area (Å²) in [5.41, 5.74) is 0. The normalized spacial score (nSPS) is 26.9. The van der Waals surface area contributed by atoms with Crippen molar-refractivity contribution in [1.82, 2.24) is 4.31 Å². The lowest BCUT2D eigenvalue weighted by atomic mass is 9.90. The van der Waals surface area contributed by atoms with E-state index in [1.165, 1.54) is 0 Å². The fourth-order valence-corrected chi connectivity index (χ4v) is 3.76. The molecular formula is C13H19NO2S. The van der Waals surface area contributed by atoms with Gasteiger partial charge in [0.15, 0.2) is 0 Å². The molecule has 1 heterocycles. The third-order valence-electron chi connectivity index (χ3n) is 3.68. The Bertz CT molecular complexity index is 469. The van der Waals surface area contributed by atoms with Crippen molar-refractivity contribution in [1.29, 1.82) is 0 Å². The standard InChI is InChI=1S/C13H19NO2S/c1-11-8-9-14(10-12(11)2)17(15,16)13-6-4-3-5-7-13/h3-7,11-12H,8-10H2,1-2H3. The molecule has 1 aliphatic rings. The Kier molecular flexibility index (Phi) is 3.54. The molecule has 3 nitrogen and oxygen atoms in total. The van der Waals surface area contributed by atoms with Crippen LogP contribution in [0.1, 0.15) is 20.3 Å². The van der Waals surface area contributed by atoms with E-state index >= 15 is 0 Å². The van der Waals surface area contributed by atoms with Gasteiger partial charge in [0, 0.05) is 13.1 Å². The van der Waals surface area contributed by atoms with Gasteiger partial charge in [-0.2, -0.15) is 4.31 Å². The largest absolute Gasteiger partial charge is 0.243 e. The van der Waals surface area contributed by atoms with Crippen molar-refractivity contribution in [2.45, 2.75) is 25.2 Å². The van der Waals surface area contributed by atoms with Gasteiger partial charge in [0.2, 0.25) is 10.0 Å². The lowest BCUT2D eigenvalue weighted by Crippen LogP contribution is -2.42. The van der Waals surface area contributed by atoms with Crippen LogP contribution in [0.4, 0.5) is 0 Å². The molecule has 0 spiro atoms. The van der Waals surface area contributed by atoms with Gasteiger partial charge in [0.05, 0.1) is 4.90 Å². The van der Waals surface area contributed by atoms with Crippen LogP contribution in [0.15, 0.2) is 35.2 Å². The fraction of sp³-hybridized carbons (Fsp3) is 0.538. The first kappa shape index (κ1) is 12.6. The highest BCUT2D eigenvalue weighted by atomic mass is 32.2. The average molecular weight is 253 g/mol. The van der Waals surface area contributed by atoms with E-state index in [0.29, 0.717) is 29.8 Å². The summed E-state index contributed by atoms with van der Waals surface area (Å²) in [4.78, 5) is 0.404. The first-order valence-electron chi connectivity index (χ1n) is 6.07. The van der Waals surface area contributed by atoms with Crippen LogP contribution in [-0.2, 0) is 10.0 Å². The molecule has 2 atom stereocenters. The summed E-state index contributed by atoms with van der Waals surface area (Å²) in [7, 11) is -3.29. The molecule has 0 bridgehead atoms. The minimum absolute atomic E-state index is 0.404. The zero-order chi connectivity index (χ0) is 12.5. The quantitative estimate of drug-likeness (QED) is 0.811. The van der Waals surface area contributed by atoms with Gasteiger partial charge in [0.25, 0.3) is 0 Å². The van der Waals surface area contributed by atoms with Crippen molar-refractivity contribution in [2.75, 3.05) is 13.1 Å². The topological polar surface area (TPSA) is 37.4 Å². The number of hydrogen-bond acceptors (Lipinski definition) is 2. The Labute approximate surface area is 104 Å². The minimum atomic E-state index is -3.29. The number of benzene rings is 1. The van der Waals surface area contributed by atoms with E-state index < -0.39 is 10.0 Å². The Morgan fingerprint density at radius 1 is 1.12 bits per heavy atom. The van der Waals surface area contributed by atoms with Crippen LogP contribution in [0.3, 0.4) is 0 Å². The summed E-state index contributed by atoms with van der Waals surface area (Å²) in [5.74, 6) is 1.04. The second-order valence-electron chi connectivity index (χ2n) is 4.92. The van der Waals surface area contributed by atoms with Crippen LogP contribution >= 0.6 is 0 Å². The highest BCUT2D eigenvalue weighted by molar-refractivity contribution is 7.89. The lowest BCUT2D eigenvalue weighted by molar-refractivity contribution is 0.212. The maximum atomic E-state index is 12.4. The molecule has 4 heteroatoms. The minimum Gasteiger partial charge on any atom is -0.207 e. The summed E-state index contributed by atoms with van der Waals surface area (Å²) in [6.45, 7) is 5.59. The molecule has 0 aliphatic carbocycles. The van der Waals surface area contributed by atoms with Crippen LogP contribution in [-0.4, -0.2) is 25.8 Å². The Hall–Kier alpha value is -0.870. The molecule has 17 heavy (non-hydrogen) atoms. The van der Waals surface area contributed by atoms with E-state index in [2.05, 4.69) is 13.8 Å². The Morgan fingerprint density at radius 3 is 2.35 bits per heavy atom. The van der Waals surface area contributed by atoms with Crippen LogP contribution < -0.4 is 0 Å². The highest BCUT2D eigenvalue weighted by Crippen LogP contribution is 2.26. The van der Waals surface area contributed by atoms with E-state index in [4.69, 9.17) is 0 Å². The first-order valence-corrected chi connectivity index (χ1v) is 7.51. The van der Waals surface area contributed by atoms with Crippen molar-refractivity contribution in [3.8, 4) is 0 Å². The van der Waals surface area contributed by atoms with Crippen molar-refractivity contribution in [2.24, 2.45) is 11.8 Å². The molecule has 2 unspecified atom stereocenters. The van der Waals surface area contributed by atoms with Gasteiger partial charge in [-0.1, -0.05) is 32.0 Å². The third-order valence-corrected chi connectivity index (χ3v) is 5.56. The molecule has 0 amide bonds. The smallest absolute Gasteiger partial charge is 0.207 e. The molecule has 0 aromatic heterocycles. The summed E-state index contributed by atoms with van der Waals surface area (Å²) in [6.07, 6.45) is 0.952. The molecule has 1 aromatic rings. The van der Waals surface area contributed by atoms with Gasteiger partial charge >= 0.3 is 0 Å². The van der Waals surface area contributed by atoms with E-state index in [1.807, 2.05) is 6.07 Å². The second-order valence-corrected chi connectivity index (χ2v) is 6.86. The SMILES string of the molecule is CC1CCN(S(=O)(=O)c2ccccc2)CC1C. The summed E-state index contributed by atoms with van der Waals surface area (Å²) >= 11 is 0. The summed E-state index contributed by atoms with van der Waals surface area (Å²) in [6, 6.07) is 8.70. The summed E-state index contributed by atoms with van der Waals surface area (Å²) in [5, 5.41) is 0. The number of nitrogens with zero attached hydrogens (tertiary/aromatic N) is 1. The Balaban J connectivity index is 2.23. The monoisotopic (exact) mass is 253 g/mol. The molecule has 1 fully saturated rings. The van der Waals surface area contributed by atoms with Gasteiger partial charge in [-0.3, -0.25) is 0 Å². The molecule has 0 radical (unpaired) electrons. The molecule has 0 saturated carbocycles. The molecule has 1 aromatic carbocycles. The van der Waals surface area contributed by atoms with E-state index in [1.54, 1.807) is 28.6 Å². The third kappa shape index (κ3) is 2.53. The first-order chi connectivity index (χ1) is 8.01. The lowest BCUT2D eigenvalue weighted by Gasteiger charge is -2.34. The van der Waals surface area contributed by atoms with Crippen molar-refractivity contribution in [3.63, 3.8) is 0 Å². The number of piperidine rings is 1. The van der Waals surface area contributed by atoms with Crippen molar-refractivity contribution >= 4 is 10.0 Å². The van der Waals surface area contributed by atoms with Gasteiger partial charge in [-0.25, -0.2) is 8.42 Å². The molecular weight excluding hydrogens is 234 g/mol. The van der Waals surface area contributed by atoms with Crippen LogP contribution in [0.2, 0.25) is 0 Å². The molecule has 1 saturated heterocycles. The van der Waals surface area contributed by atoms with Crippen LogP contribution in [0.25, 0.3) is 0 Å². The molecule has 1 aliphatic heterocycles. The van der Waals surface area contributed by atoms with Crippen LogP contribution in [0.5, 0.6) is 0 Å². The van der Waals surface area contributed by atoms with E-state index in [-0.39, 0.29) is 0 Å². The van der Waals surface area contributed by atoms with E-state index in [9.17, 15) is 8.42 Å². The Morgan fingerprint density at radius 2 is 1.76 bits per heavy atom. The zero-order valence-electron chi connectivity index (χ0n) is 10.3. The van der Waals surface area contributed by atoms with Crippen molar-refractivity contribution in [3.05, 3.63) is 30.3 Å². The summed E-state index contributed by atoms with van der Waals surface area (Å²) < 4.78 is 26.3. The van der Waals surface area contributed by atoms with Gasteiger partial charge in [0.1, 0.15) is 0 Å². The molecule has 0 N–H and O–H groups in total. The second kappa shape index (κ2) is 4.78. The molecule has 2 rings (SSSR count). The number of sulfonamides is 1. The van der Waals surface area contributed by atoms with E-state index in [0.717, 1.165) is 6.42 Å². The maximum absolute atomic E-state index is 12.4. The zero-order valence-corrected chi connectivity index (χ0v) is 11.2. The highest BCUT2D eigenvalue weighted by Gasteiger charge is 2.31. The number of rotatable bonds is 2. The van der Waals surface area contributed by atoms with Gasteiger partial charge < -0.3 is 0 Å². The van der Waals surface area contributed by atoms with Gasteiger partial charge in [-0.15, -0.1) is 0 Å². The predicted octanol–water partition coefficient (Wildman–Crippen LogP) is 2.35. The van der Waals surface area contributed by atoms with Crippen LogP contribution in [0, 0.1) is 11.8 Å². The average Bonchev–Trinajstić information content (AvgIpc) is 2.33. The fourth-order valence-electron chi connectivity index (χ4n) is 2.18. The predicted molar refractivity (Wildman–Crippen MR) is 68.1 cm³/mol. The molecule has 94 valence electrons.